The minimum atomic E-state index is -0.897. The third-order valence-corrected chi connectivity index (χ3v) is 1.50. The van der Waals surface area contributed by atoms with Crippen LogP contribution in [0, 0.1) is 0 Å². The van der Waals surface area contributed by atoms with E-state index in [1.807, 2.05) is 0 Å². The van der Waals surface area contributed by atoms with Gasteiger partial charge in [0.15, 0.2) is 0 Å². The number of alkyl halides is 1. The molecule has 0 bridgehead atoms. The summed E-state index contributed by atoms with van der Waals surface area (Å²) >= 11 is 0. The van der Waals surface area contributed by atoms with Crippen LogP contribution in [0.5, 0.6) is 0 Å². The monoisotopic (exact) mass is 155 g/mol. The highest BCUT2D eigenvalue weighted by Crippen LogP contribution is 2.14. The Labute approximate surface area is 64.6 Å². The summed E-state index contributed by atoms with van der Waals surface area (Å²) in [5.74, 6) is -0.377. The van der Waals surface area contributed by atoms with E-state index in [1.54, 1.807) is 12.2 Å². The van der Waals surface area contributed by atoms with Crippen molar-refractivity contribution in [3.05, 3.63) is 23.8 Å². The molecule has 0 heterocycles. The van der Waals surface area contributed by atoms with Gasteiger partial charge in [-0.05, 0) is 5.57 Å². The largest absolute Gasteiger partial charge is 0.369 e. The molecular weight excluding hydrogens is 145 g/mol. The molecule has 1 aliphatic carbocycles. The Balaban J connectivity index is 2.50. The van der Waals surface area contributed by atoms with Crippen LogP contribution >= 0.6 is 0 Å². The molecule has 0 saturated carbocycles. The van der Waals surface area contributed by atoms with Crippen LogP contribution in [0.3, 0.4) is 0 Å². The molecule has 0 spiro atoms. The van der Waals surface area contributed by atoms with E-state index < -0.39 is 6.17 Å². The molecule has 0 radical (unpaired) electrons. The molecular formula is C8H10FNO. The third kappa shape index (κ3) is 2.53. The van der Waals surface area contributed by atoms with Gasteiger partial charge in [0.25, 0.3) is 0 Å². The van der Waals surface area contributed by atoms with Gasteiger partial charge in [0.2, 0.25) is 5.91 Å². The van der Waals surface area contributed by atoms with Crippen molar-refractivity contribution < 1.29 is 9.18 Å². The van der Waals surface area contributed by atoms with Crippen molar-refractivity contribution in [1.82, 2.24) is 0 Å². The average molecular weight is 155 g/mol. The van der Waals surface area contributed by atoms with E-state index >= 15 is 0 Å². The minimum Gasteiger partial charge on any atom is -0.369 e. The first kappa shape index (κ1) is 7.98. The second-order valence-electron chi connectivity index (χ2n) is 2.53. The highest BCUT2D eigenvalue weighted by molar-refractivity contribution is 5.77. The van der Waals surface area contributed by atoms with Gasteiger partial charge in [0.05, 0.1) is 6.42 Å². The summed E-state index contributed by atoms with van der Waals surface area (Å²) < 4.78 is 12.4. The first-order valence-electron chi connectivity index (χ1n) is 3.48. The maximum atomic E-state index is 12.4. The maximum absolute atomic E-state index is 12.4. The second-order valence-corrected chi connectivity index (χ2v) is 2.53. The summed E-state index contributed by atoms with van der Waals surface area (Å²) in [6.07, 6.45) is 4.43. The number of hydrogen-bond donors (Lipinski definition) is 1. The molecule has 1 rings (SSSR count). The van der Waals surface area contributed by atoms with Crippen molar-refractivity contribution in [2.45, 2.75) is 19.0 Å². The molecule has 0 aromatic heterocycles. The molecule has 1 atom stereocenters. The van der Waals surface area contributed by atoms with E-state index in [0.29, 0.717) is 6.42 Å². The molecule has 0 saturated heterocycles. The Bertz CT molecular complexity index is 220. The Morgan fingerprint density at radius 1 is 1.82 bits per heavy atom. The fourth-order valence-electron chi connectivity index (χ4n) is 0.971. The normalized spacial score (nSPS) is 23.0. The molecule has 60 valence electrons. The van der Waals surface area contributed by atoms with Crippen molar-refractivity contribution in [3.63, 3.8) is 0 Å². The summed E-state index contributed by atoms with van der Waals surface area (Å²) in [4.78, 5) is 10.4. The van der Waals surface area contributed by atoms with Gasteiger partial charge in [-0.1, -0.05) is 18.2 Å². The zero-order valence-electron chi connectivity index (χ0n) is 6.09. The molecule has 2 nitrogen and oxygen atoms in total. The van der Waals surface area contributed by atoms with Gasteiger partial charge in [-0.2, -0.15) is 0 Å². The molecule has 3 heteroatoms. The molecule has 2 N–H and O–H groups in total. The van der Waals surface area contributed by atoms with Crippen LogP contribution in [0.2, 0.25) is 0 Å². The Morgan fingerprint density at radius 2 is 2.55 bits per heavy atom. The Kier molecular flexibility index (Phi) is 2.41. The minimum absolute atomic E-state index is 0.212. The molecule has 1 unspecified atom stereocenters. The zero-order valence-corrected chi connectivity index (χ0v) is 6.09. The average Bonchev–Trinajstić information content (AvgIpc) is 1.93. The molecule has 0 aromatic carbocycles. The standard InChI is InChI=1S/C8H10FNO/c9-7-3-1-6(2-4-7)5-8(10)11/h1-3,7H,4-5H2,(H2,10,11). The van der Waals surface area contributed by atoms with Crippen LogP contribution in [0.25, 0.3) is 0 Å². The topological polar surface area (TPSA) is 43.1 Å². The number of rotatable bonds is 2. The lowest BCUT2D eigenvalue weighted by Crippen LogP contribution is -2.12. The Morgan fingerprint density at radius 3 is 3.00 bits per heavy atom. The maximum Gasteiger partial charge on any atom is 0.221 e. The van der Waals surface area contributed by atoms with Crippen LogP contribution in [-0.4, -0.2) is 12.1 Å². The van der Waals surface area contributed by atoms with E-state index in [0.717, 1.165) is 5.57 Å². The van der Waals surface area contributed by atoms with E-state index in [-0.39, 0.29) is 12.3 Å². The van der Waals surface area contributed by atoms with Gasteiger partial charge >= 0.3 is 0 Å². The van der Waals surface area contributed by atoms with Gasteiger partial charge in [-0.3, -0.25) is 4.79 Å². The lowest BCUT2D eigenvalue weighted by Gasteiger charge is -2.07. The van der Waals surface area contributed by atoms with E-state index in [9.17, 15) is 9.18 Å². The van der Waals surface area contributed by atoms with Crippen LogP contribution in [0.15, 0.2) is 23.8 Å². The van der Waals surface area contributed by atoms with Crippen molar-refractivity contribution in [2.24, 2.45) is 5.73 Å². The number of primary amides is 1. The summed E-state index contributed by atoms with van der Waals surface area (Å²) in [6, 6.07) is 0. The van der Waals surface area contributed by atoms with Crippen molar-refractivity contribution in [2.75, 3.05) is 0 Å². The fourth-order valence-corrected chi connectivity index (χ4v) is 0.971. The predicted molar refractivity (Wildman–Crippen MR) is 40.5 cm³/mol. The van der Waals surface area contributed by atoms with Crippen molar-refractivity contribution in [3.8, 4) is 0 Å². The lowest BCUT2D eigenvalue weighted by atomic mass is 10.0. The second kappa shape index (κ2) is 3.32. The number of hydrogen-bond acceptors (Lipinski definition) is 1. The molecule has 11 heavy (non-hydrogen) atoms. The molecule has 1 aliphatic rings. The quantitative estimate of drug-likeness (QED) is 0.637. The number of carbonyl (C=O) groups is 1. The van der Waals surface area contributed by atoms with Gasteiger partial charge in [0, 0.05) is 6.42 Å². The number of allylic oxidation sites excluding steroid dienone is 3. The lowest BCUT2D eigenvalue weighted by molar-refractivity contribution is -0.117. The van der Waals surface area contributed by atoms with E-state index in [1.165, 1.54) is 6.08 Å². The summed E-state index contributed by atoms with van der Waals surface area (Å²) in [7, 11) is 0. The number of nitrogens with two attached hydrogens (primary N) is 1. The van der Waals surface area contributed by atoms with Crippen LogP contribution < -0.4 is 5.73 Å². The summed E-state index contributed by atoms with van der Waals surface area (Å²) in [6.45, 7) is 0. The fraction of sp³-hybridized carbons (Fsp3) is 0.375. The predicted octanol–water partition coefficient (Wildman–Crippen LogP) is 1.09. The van der Waals surface area contributed by atoms with Crippen LogP contribution in [-0.2, 0) is 4.79 Å². The zero-order chi connectivity index (χ0) is 8.27. The van der Waals surface area contributed by atoms with Gasteiger partial charge in [-0.15, -0.1) is 0 Å². The highest BCUT2D eigenvalue weighted by atomic mass is 19.1. The van der Waals surface area contributed by atoms with Gasteiger partial charge in [-0.25, -0.2) is 4.39 Å². The highest BCUT2D eigenvalue weighted by Gasteiger charge is 2.07. The molecule has 1 amide bonds. The van der Waals surface area contributed by atoms with Crippen molar-refractivity contribution in [1.29, 1.82) is 0 Å². The SMILES string of the molecule is NC(=O)CC1=CCC(F)C=C1. The van der Waals surface area contributed by atoms with Gasteiger partial charge < -0.3 is 5.73 Å². The van der Waals surface area contributed by atoms with Crippen molar-refractivity contribution >= 4 is 5.91 Å². The van der Waals surface area contributed by atoms with E-state index in [2.05, 4.69) is 0 Å². The smallest absolute Gasteiger partial charge is 0.221 e. The van der Waals surface area contributed by atoms with Gasteiger partial charge in [0.1, 0.15) is 6.17 Å². The van der Waals surface area contributed by atoms with Crippen LogP contribution in [0.1, 0.15) is 12.8 Å². The summed E-state index contributed by atoms with van der Waals surface area (Å²) in [5, 5.41) is 0. The number of amides is 1. The Hall–Kier alpha value is -1.12. The molecule has 0 aromatic rings. The first-order valence-corrected chi connectivity index (χ1v) is 3.48. The van der Waals surface area contributed by atoms with Crippen LogP contribution in [0.4, 0.5) is 4.39 Å². The van der Waals surface area contributed by atoms with E-state index in [4.69, 9.17) is 5.73 Å². The first-order chi connectivity index (χ1) is 5.18. The number of carbonyl (C=O) groups excluding carboxylic acids is 1. The third-order valence-electron chi connectivity index (χ3n) is 1.50. The number of halogens is 1. The summed E-state index contributed by atoms with van der Waals surface area (Å²) in [5.41, 5.74) is 5.76. The molecule has 0 fully saturated rings. The molecule has 0 aliphatic heterocycles.